The summed E-state index contributed by atoms with van der Waals surface area (Å²) < 4.78 is 5.03. The van der Waals surface area contributed by atoms with Gasteiger partial charge in [0, 0.05) is 0 Å². The van der Waals surface area contributed by atoms with Gasteiger partial charge < -0.3 is 31.2 Å². The van der Waals surface area contributed by atoms with Gasteiger partial charge in [-0.1, -0.05) is 150 Å². The van der Waals surface area contributed by atoms with Crippen LogP contribution in [0.15, 0.2) is 30.3 Å². The molecule has 0 radical (unpaired) electrons. The molecule has 0 spiro atoms. The number of urea groups is 1. The highest BCUT2D eigenvalue weighted by Crippen LogP contribution is 2.34. The van der Waals surface area contributed by atoms with E-state index in [2.05, 4.69) is 29.8 Å². The average Bonchev–Trinajstić information content (AvgIpc) is 3.93. The third-order valence-corrected chi connectivity index (χ3v) is 9.35. The van der Waals surface area contributed by atoms with E-state index < -0.39 is 41.2 Å². The number of hydrogen-bond donors (Lipinski definition) is 4. The Morgan fingerprint density at radius 1 is 0.907 bits per heavy atom. The summed E-state index contributed by atoms with van der Waals surface area (Å²) in [7, 11) is 1.90. The Morgan fingerprint density at radius 2 is 1.44 bits per heavy atom. The lowest BCUT2D eigenvalue weighted by Crippen LogP contribution is -2.52. The number of nitrogens with zero attached hydrogens (tertiary/aromatic N) is 1. The highest BCUT2D eigenvalue weighted by molar-refractivity contribution is 6.37. The Kier molecular flexibility index (Phi) is 26.6. The van der Waals surface area contributed by atoms with Crippen LogP contribution in [-0.2, 0) is 35.3 Å². The number of carbonyl (C=O) groups is 6. The van der Waals surface area contributed by atoms with Crippen molar-refractivity contribution in [2.24, 2.45) is 23.0 Å². The number of esters is 1. The lowest BCUT2D eigenvalue weighted by Gasteiger charge is -2.26. The number of hydrogen-bond acceptors (Lipinski definition) is 8. The summed E-state index contributed by atoms with van der Waals surface area (Å²) in [4.78, 5) is 71.4. The second kappa shape index (κ2) is 28.6. The molecule has 12 nitrogen and oxygen atoms in total. The summed E-state index contributed by atoms with van der Waals surface area (Å²) in [6.45, 7) is 16.7. The maximum Gasteiger partial charge on any atom is 0.325 e. The summed E-state index contributed by atoms with van der Waals surface area (Å²) in [5, 5.41) is 7.62. The molecular weight excluding hydrogens is 686 g/mol. The van der Waals surface area contributed by atoms with Gasteiger partial charge in [-0.25, -0.2) is 4.79 Å². The number of aldehydes is 1. The predicted molar refractivity (Wildman–Crippen MR) is 215 cm³/mol. The second-order valence-corrected chi connectivity index (χ2v) is 15.2. The molecule has 1 heterocycles. The van der Waals surface area contributed by atoms with Crippen LogP contribution >= 0.6 is 0 Å². The average molecular weight is 760 g/mol. The minimum Gasteiger partial charge on any atom is -0.460 e. The first-order chi connectivity index (χ1) is 25.6. The fourth-order valence-electron chi connectivity index (χ4n) is 5.59. The molecule has 1 aliphatic heterocycles. The van der Waals surface area contributed by atoms with E-state index in [0.29, 0.717) is 18.6 Å². The number of benzene rings is 1. The first-order valence-corrected chi connectivity index (χ1v) is 20.2. The summed E-state index contributed by atoms with van der Waals surface area (Å²) in [5.41, 5.74) is 5.54. The first kappa shape index (κ1) is 50.2. The molecule has 0 aromatic heterocycles. The molecule has 4 rings (SSSR count). The van der Waals surface area contributed by atoms with Gasteiger partial charge in [0.1, 0.15) is 19.4 Å². The van der Waals surface area contributed by atoms with E-state index in [1.165, 1.54) is 51.4 Å². The molecule has 5 N–H and O–H groups in total. The van der Waals surface area contributed by atoms with Crippen LogP contribution in [0.4, 0.5) is 4.79 Å². The van der Waals surface area contributed by atoms with Crippen LogP contribution in [0.3, 0.4) is 0 Å². The highest BCUT2D eigenvalue weighted by atomic mass is 16.5. The summed E-state index contributed by atoms with van der Waals surface area (Å²) in [6.07, 6.45) is 15.9. The molecule has 1 saturated heterocycles. The molecule has 1 aromatic rings. The van der Waals surface area contributed by atoms with E-state index in [1.807, 2.05) is 83.8 Å². The van der Waals surface area contributed by atoms with Crippen LogP contribution in [0.25, 0.3) is 0 Å². The Labute approximate surface area is 325 Å². The number of nitrogens with one attached hydrogen (secondary N) is 3. The van der Waals surface area contributed by atoms with Crippen molar-refractivity contribution in [3.63, 3.8) is 0 Å². The van der Waals surface area contributed by atoms with Crippen LogP contribution in [0, 0.1) is 17.3 Å². The number of rotatable bonds is 13. The van der Waals surface area contributed by atoms with Gasteiger partial charge >= 0.3 is 12.0 Å². The molecule has 12 heteroatoms. The largest absolute Gasteiger partial charge is 0.460 e. The maximum atomic E-state index is 12.3. The number of likely N-dealkylation sites (N-methyl/N-ethyl adjacent to an activating group) is 1. The van der Waals surface area contributed by atoms with Gasteiger partial charge in [0.05, 0.1) is 18.1 Å². The molecule has 4 atom stereocenters. The second-order valence-electron chi connectivity index (χ2n) is 15.2. The number of carbonyl (C=O) groups excluding carboxylic acids is 6. The minimum atomic E-state index is -0.969. The van der Waals surface area contributed by atoms with Crippen molar-refractivity contribution in [2.45, 2.75) is 157 Å². The normalized spacial score (nSPS) is 18.7. The fraction of sp³-hybridized carbons (Fsp3) is 0.714. The molecule has 2 saturated carbocycles. The summed E-state index contributed by atoms with van der Waals surface area (Å²) >= 11 is 0. The minimum absolute atomic E-state index is 0.155. The SMILES string of the molecule is C1CCCCC1.CC.CC(C)(C)C(C=O)NC(=O)NCC(=O)OCc1ccccc1.CC1CCN(C)C1C(=O)NC(CC1CC1)C(=O)C(N)=O.CCCC. The van der Waals surface area contributed by atoms with Crippen molar-refractivity contribution in [1.29, 1.82) is 0 Å². The van der Waals surface area contributed by atoms with Crippen molar-refractivity contribution in [3.8, 4) is 0 Å². The topological polar surface area (TPSA) is 177 Å². The van der Waals surface area contributed by atoms with Crippen molar-refractivity contribution in [3.05, 3.63) is 35.9 Å². The van der Waals surface area contributed by atoms with Gasteiger partial charge in [-0.2, -0.15) is 0 Å². The van der Waals surface area contributed by atoms with Crippen LogP contribution in [-0.4, -0.2) is 79.0 Å². The Bertz CT molecular complexity index is 1210. The molecule has 3 fully saturated rings. The molecule has 1 aromatic carbocycles. The lowest BCUT2D eigenvalue weighted by molar-refractivity contribution is -0.143. The van der Waals surface area contributed by atoms with Gasteiger partial charge in [0.15, 0.2) is 0 Å². The number of ketones is 1. The molecule has 4 amide bonds. The zero-order valence-corrected chi connectivity index (χ0v) is 34.8. The van der Waals surface area contributed by atoms with Crippen molar-refractivity contribution >= 4 is 35.9 Å². The van der Waals surface area contributed by atoms with E-state index in [4.69, 9.17) is 10.5 Å². The van der Waals surface area contributed by atoms with E-state index in [9.17, 15) is 28.8 Å². The van der Waals surface area contributed by atoms with Crippen LogP contribution in [0.2, 0.25) is 0 Å². The monoisotopic (exact) mass is 760 g/mol. The van der Waals surface area contributed by atoms with Crippen LogP contribution < -0.4 is 21.7 Å². The number of Topliss-reactive ketones (excluding diaryl/α,β-unsaturated/α-hetero) is 1. The molecule has 2 aliphatic carbocycles. The van der Waals surface area contributed by atoms with Crippen molar-refractivity contribution in [2.75, 3.05) is 20.1 Å². The van der Waals surface area contributed by atoms with Gasteiger partial charge in [-0.15, -0.1) is 0 Å². The van der Waals surface area contributed by atoms with E-state index >= 15 is 0 Å². The van der Waals surface area contributed by atoms with E-state index in [0.717, 1.165) is 31.4 Å². The van der Waals surface area contributed by atoms with E-state index in [-0.39, 0.29) is 31.0 Å². The molecule has 0 bridgehead atoms. The maximum absolute atomic E-state index is 12.3. The summed E-state index contributed by atoms with van der Waals surface area (Å²) in [5.74, 6) is -1.68. The van der Waals surface area contributed by atoms with Crippen LogP contribution in [0.5, 0.6) is 0 Å². The van der Waals surface area contributed by atoms with Gasteiger partial charge in [-0.05, 0) is 49.2 Å². The molecular formula is C42H73N5O7. The zero-order valence-electron chi connectivity index (χ0n) is 34.8. The quantitative estimate of drug-likeness (QED) is 0.100. The zero-order chi connectivity index (χ0) is 41.1. The van der Waals surface area contributed by atoms with E-state index in [1.54, 1.807) is 0 Å². The molecule has 308 valence electrons. The summed E-state index contributed by atoms with van der Waals surface area (Å²) in [6, 6.07) is 7.05. The first-order valence-electron chi connectivity index (χ1n) is 20.2. The Balaban J connectivity index is 0.000000800. The van der Waals surface area contributed by atoms with Crippen molar-refractivity contribution < 1.29 is 33.5 Å². The fourth-order valence-corrected chi connectivity index (χ4v) is 5.59. The molecule has 4 unspecified atom stereocenters. The van der Waals surface area contributed by atoms with Gasteiger partial charge in [0.2, 0.25) is 11.7 Å². The predicted octanol–water partition coefficient (Wildman–Crippen LogP) is 6.48. The number of likely N-dealkylation sites (tertiary alicyclic amines) is 1. The van der Waals surface area contributed by atoms with Gasteiger partial charge in [0.25, 0.3) is 5.91 Å². The number of ether oxygens (including phenoxy) is 1. The molecule has 3 aliphatic rings. The smallest absolute Gasteiger partial charge is 0.325 e. The third-order valence-electron chi connectivity index (χ3n) is 9.35. The standard InChI is InChI=1S/C16H22N2O4.C14H23N3O3.C6H12.C4H10.C2H6/c1-16(2,3)13(10-19)18-15(21)17-9-14(20)22-11-12-7-5-4-6-8-12;1-8-5-6-17(2)11(8)14(20)16-10(7-9-3-4-9)12(18)13(15)19;1-2-4-6-5-3-1;1-3-4-2;1-2/h4-8,10,13H,9,11H2,1-3H3,(H2,17,18,21);8-11H,3-7H2,1-2H3,(H2,15,19)(H,16,20);1-6H2;3-4H2,1-2H3;1-2H3. The van der Waals surface area contributed by atoms with Gasteiger partial charge in [-0.3, -0.25) is 24.1 Å². The van der Waals surface area contributed by atoms with Crippen molar-refractivity contribution in [1.82, 2.24) is 20.9 Å². The highest BCUT2D eigenvalue weighted by Gasteiger charge is 2.38. The number of amides is 4. The number of primary amides is 1. The number of nitrogens with two attached hydrogens (primary N) is 1. The Morgan fingerprint density at radius 3 is 1.85 bits per heavy atom. The lowest BCUT2D eigenvalue weighted by atomic mass is 9.88. The number of unbranched alkanes of at least 4 members (excludes halogenated alkanes) is 1. The molecule has 54 heavy (non-hydrogen) atoms. The third kappa shape index (κ3) is 22.4. The Hall–Kier alpha value is -3.80. The van der Waals surface area contributed by atoms with Crippen LogP contribution in [0.1, 0.15) is 138 Å².